The van der Waals surface area contributed by atoms with E-state index in [4.69, 9.17) is 0 Å². The molecule has 1 saturated heterocycles. The summed E-state index contributed by atoms with van der Waals surface area (Å²) < 4.78 is 24.7. The molecule has 8 heteroatoms. The average Bonchev–Trinajstić information content (AvgIpc) is 2.45. The first-order valence-electron chi connectivity index (χ1n) is 7.91. The van der Waals surface area contributed by atoms with Crippen molar-refractivity contribution >= 4 is 39.9 Å². The second-order valence-corrected chi connectivity index (χ2v) is 9.26. The highest BCUT2D eigenvalue weighted by Crippen LogP contribution is 2.30. The molecule has 0 aromatic heterocycles. The summed E-state index contributed by atoms with van der Waals surface area (Å²) in [5.74, 6) is 0.581. The van der Waals surface area contributed by atoms with Gasteiger partial charge in [-0.1, -0.05) is 19.1 Å². The van der Waals surface area contributed by atoms with E-state index >= 15 is 0 Å². The number of hydrogen-bond acceptors (Lipinski definition) is 5. The maximum atomic E-state index is 12.3. The maximum absolute atomic E-state index is 12.3. The van der Waals surface area contributed by atoms with Gasteiger partial charge in [-0.25, -0.2) is 8.42 Å². The Labute approximate surface area is 154 Å². The first-order valence-corrected chi connectivity index (χ1v) is 10.4. The van der Waals surface area contributed by atoms with Crippen molar-refractivity contribution in [2.24, 2.45) is 5.92 Å². The van der Waals surface area contributed by atoms with Crippen LogP contribution < -0.4 is 10.6 Å². The van der Waals surface area contributed by atoms with Gasteiger partial charge in [-0.3, -0.25) is 4.79 Å². The van der Waals surface area contributed by atoms with Gasteiger partial charge in [0.2, 0.25) is 5.91 Å². The number of amides is 1. The van der Waals surface area contributed by atoms with Crippen molar-refractivity contribution in [1.82, 2.24) is 10.6 Å². The molecule has 1 aliphatic heterocycles. The van der Waals surface area contributed by atoms with Crippen LogP contribution in [0.15, 0.2) is 34.1 Å². The number of carbonyl (C=O) groups is 1. The SMILES string of the molecule is CCCS(=O)(=O)c1ccccc1SC(C)C(=O)NCC1CNC1.Cl. The Morgan fingerprint density at radius 1 is 1.38 bits per heavy atom. The van der Waals surface area contributed by atoms with Crippen LogP contribution >= 0.6 is 24.2 Å². The van der Waals surface area contributed by atoms with Gasteiger partial charge in [-0.05, 0) is 25.5 Å². The number of carbonyl (C=O) groups excluding carboxylic acids is 1. The lowest BCUT2D eigenvalue weighted by atomic mass is 10.0. The Morgan fingerprint density at radius 3 is 2.62 bits per heavy atom. The van der Waals surface area contributed by atoms with Crippen molar-refractivity contribution in [2.45, 2.75) is 35.3 Å². The molecule has 136 valence electrons. The number of sulfone groups is 1. The van der Waals surface area contributed by atoms with Crippen molar-refractivity contribution in [1.29, 1.82) is 0 Å². The fourth-order valence-corrected chi connectivity index (χ4v) is 5.16. The van der Waals surface area contributed by atoms with Crippen LogP contribution in [0.25, 0.3) is 0 Å². The third kappa shape index (κ3) is 5.65. The van der Waals surface area contributed by atoms with E-state index in [-0.39, 0.29) is 29.3 Å². The van der Waals surface area contributed by atoms with Gasteiger partial charge >= 0.3 is 0 Å². The summed E-state index contributed by atoms with van der Waals surface area (Å²) in [6.45, 7) is 6.22. The van der Waals surface area contributed by atoms with Gasteiger partial charge in [-0.2, -0.15) is 0 Å². The lowest BCUT2D eigenvalue weighted by Gasteiger charge is -2.27. The van der Waals surface area contributed by atoms with Gasteiger partial charge in [-0.15, -0.1) is 24.2 Å². The second kappa shape index (κ2) is 9.65. The van der Waals surface area contributed by atoms with Gasteiger partial charge in [0.15, 0.2) is 9.84 Å². The van der Waals surface area contributed by atoms with E-state index < -0.39 is 9.84 Å². The largest absolute Gasteiger partial charge is 0.355 e. The molecule has 1 atom stereocenters. The van der Waals surface area contributed by atoms with Crippen LogP contribution in [0, 0.1) is 5.92 Å². The molecule has 1 amide bonds. The molecule has 0 aliphatic carbocycles. The summed E-state index contributed by atoms with van der Waals surface area (Å²) in [5.41, 5.74) is 0. The van der Waals surface area contributed by atoms with Gasteiger partial charge < -0.3 is 10.6 Å². The number of thioether (sulfide) groups is 1. The highest BCUT2D eigenvalue weighted by molar-refractivity contribution is 8.01. The van der Waals surface area contributed by atoms with E-state index in [1.54, 1.807) is 24.3 Å². The minimum atomic E-state index is -3.29. The zero-order valence-corrected chi connectivity index (χ0v) is 16.4. The molecular weight excluding hydrogens is 368 g/mol. The molecule has 0 saturated carbocycles. The first-order chi connectivity index (χ1) is 10.9. The van der Waals surface area contributed by atoms with Gasteiger partial charge in [0.25, 0.3) is 0 Å². The lowest BCUT2D eigenvalue weighted by Crippen LogP contribution is -2.49. The summed E-state index contributed by atoms with van der Waals surface area (Å²) in [5, 5.41) is 5.77. The van der Waals surface area contributed by atoms with Crippen LogP contribution in [0.4, 0.5) is 0 Å². The third-order valence-electron chi connectivity index (χ3n) is 3.76. The topological polar surface area (TPSA) is 75.3 Å². The molecule has 1 heterocycles. The van der Waals surface area contributed by atoms with Crippen LogP contribution in [0.3, 0.4) is 0 Å². The highest BCUT2D eigenvalue weighted by atomic mass is 35.5. The van der Waals surface area contributed by atoms with E-state index in [2.05, 4.69) is 10.6 Å². The molecule has 0 bridgehead atoms. The monoisotopic (exact) mass is 392 g/mol. The molecule has 1 fully saturated rings. The van der Waals surface area contributed by atoms with Gasteiger partial charge in [0.05, 0.1) is 15.9 Å². The van der Waals surface area contributed by atoms with E-state index in [0.29, 0.717) is 28.7 Å². The van der Waals surface area contributed by atoms with Gasteiger partial charge in [0.1, 0.15) is 0 Å². The number of halogens is 1. The van der Waals surface area contributed by atoms with Crippen molar-refractivity contribution in [3.8, 4) is 0 Å². The molecule has 2 N–H and O–H groups in total. The quantitative estimate of drug-likeness (QED) is 0.662. The molecular formula is C16H25ClN2O3S2. The number of benzene rings is 1. The zero-order chi connectivity index (χ0) is 16.9. The molecule has 5 nitrogen and oxygen atoms in total. The smallest absolute Gasteiger partial charge is 0.233 e. The summed E-state index contributed by atoms with van der Waals surface area (Å²) >= 11 is 1.30. The van der Waals surface area contributed by atoms with Crippen LogP contribution in [0.2, 0.25) is 0 Å². The Kier molecular flexibility index (Phi) is 8.56. The Balaban J connectivity index is 0.00000288. The Hall–Kier alpha value is -0.760. The molecule has 24 heavy (non-hydrogen) atoms. The fraction of sp³-hybridized carbons (Fsp3) is 0.562. The Bertz CT molecular complexity index is 648. The third-order valence-corrected chi connectivity index (χ3v) is 7.04. The van der Waals surface area contributed by atoms with Crippen LogP contribution in [0.1, 0.15) is 20.3 Å². The minimum absolute atomic E-state index is 0. The summed E-state index contributed by atoms with van der Waals surface area (Å²) in [6, 6.07) is 6.92. The van der Waals surface area contributed by atoms with E-state index in [1.165, 1.54) is 11.8 Å². The molecule has 2 rings (SSSR count). The van der Waals surface area contributed by atoms with Crippen molar-refractivity contribution in [3.05, 3.63) is 24.3 Å². The van der Waals surface area contributed by atoms with E-state index in [1.807, 2.05) is 13.8 Å². The predicted molar refractivity (Wildman–Crippen MR) is 101 cm³/mol. The van der Waals surface area contributed by atoms with Crippen molar-refractivity contribution in [2.75, 3.05) is 25.4 Å². The predicted octanol–water partition coefficient (Wildman–Crippen LogP) is 2.11. The second-order valence-electron chi connectivity index (χ2n) is 5.80. The number of nitrogens with one attached hydrogen (secondary N) is 2. The molecule has 1 unspecified atom stereocenters. The summed E-state index contributed by atoms with van der Waals surface area (Å²) in [7, 11) is -3.29. The van der Waals surface area contributed by atoms with Gasteiger partial charge in [0, 0.05) is 30.4 Å². The number of rotatable bonds is 8. The summed E-state index contributed by atoms with van der Waals surface area (Å²) in [4.78, 5) is 13.2. The fourth-order valence-electron chi connectivity index (χ4n) is 2.31. The van der Waals surface area contributed by atoms with Crippen molar-refractivity contribution in [3.63, 3.8) is 0 Å². The molecule has 0 spiro atoms. The average molecular weight is 393 g/mol. The molecule has 1 aromatic carbocycles. The zero-order valence-electron chi connectivity index (χ0n) is 13.9. The highest BCUT2D eigenvalue weighted by Gasteiger charge is 2.23. The van der Waals surface area contributed by atoms with E-state index in [9.17, 15) is 13.2 Å². The Morgan fingerprint density at radius 2 is 2.04 bits per heavy atom. The van der Waals surface area contributed by atoms with Crippen LogP contribution in [-0.4, -0.2) is 45.0 Å². The molecule has 1 aliphatic rings. The number of hydrogen-bond donors (Lipinski definition) is 2. The van der Waals surface area contributed by atoms with Crippen LogP contribution in [-0.2, 0) is 14.6 Å². The lowest BCUT2D eigenvalue weighted by molar-refractivity contribution is -0.120. The van der Waals surface area contributed by atoms with E-state index in [0.717, 1.165) is 13.1 Å². The summed E-state index contributed by atoms with van der Waals surface area (Å²) in [6.07, 6.45) is 0.576. The van der Waals surface area contributed by atoms with Crippen LogP contribution in [0.5, 0.6) is 0 Å². The standard InChI is InChI=1S/C16H24N2O3S2.ClH/c1-3-8-23(20,21)15-7-5-4-6-14(15)22-12(2)16(19)18-11-13-9-17-10-13;/h4-7,12-13,17H,3,8-11H2,1-2H3,(H,18,19);1H. The van der Waals surface area contributed by atoms with Crippen molar-refractivity contribution < 1.29 is 13.2 Å². The molecule has 0 radical (unpaired) electrons. The molecule has 1 aromatic rings. The first kappa shape index (κ1) is 21.3. The minimum Gasteiger partial charge on any atom is -0.355 e. The normalized spacial score (nSPS) is 15.9. The maximum Gasteiger partial charge on any atom is 0.233 e.